The summed E-state index contributed by atoms with van der Waals surface area (Å²) >= 11 is 1.70. The van der Waals surface area contributed by atoms with Crippen LogP contribution in [0.3, 0.4) is 0 Å². The molecular formula is C16H21N3O2S. The van der Waals surface area contributed by atoms with E-state index in [0.29, 0.717) is 6.54 Å². The molecule has 0 bridgehead atoms. The first kappa shape index (κ1) is 15.4. The molecule has 1 aromatic heterocycles. The van der Waals surface area contributed by atoms with Crippen LogP contribution in [0.1, 0.15) is 24.3 Å². The Morgan fingerprint density at radius 1 is 1.55 bits per heavy atom. The number of ether oxygens (including phenoxy) is 1. The van der Waals surface area contributed by atoms with Crippen LogP contribution in [0.4, 0.5) is 0 Å². The molecule has 0 spiro atoms. The Morgan fingerprint density at radius 3 is 3.09 bits per heavy atom. The lowest BCUT2D eigenvalue weighted by Gasteiger charge is -2.14. The van der Waals surface area contributed by atoms with Crippen LogP contribution >= 0.6 is 11.3 Å². The molecule has 0 radical (unpaired) electrons. The minimum atomic E-state index is -0.146. The van der Waals surface area contributed by atoms with Crippen molar-refractivity contribution in [3.05, 3.63) is 29.3 Å². The molecule has 2 heterocycles. The van der Waals surface area contributed by atoms with E-state index in [1.165, 1.54) is 4.70 Å². The second-order valence-corrected chi connectivity index (χ2v) is 6.78. The van der Waals surface area contributed by atoms with E-state index in [-0.39, 0.29) is 24.0 Å². The summed E-state index contributed by atoms with van der Waals surface area (Å²) < 4.78 is 6.46. The summed E-state index contributed by atoms with van der Waals surface area (Å²) in [5.41, 5.74) is 1.03. The number of methoxy groups -OCH3 is 1. The Balaban J connectivity index is 1.55. The van der Waals surface area contributed by atoms with Gasteiger partial charge in [-0.1, -0.05) is 19.1 Å². The number of hydrogen-bond donors (Lipinski definition) is 2. The highest BCUT2D eigenvalue weighted by atomic mass is 32.1. The number of para-hydroxylation sites is 1. The van der Waals surface area contributed by atoms with Crippen molar-refractivity contribution in [1.82, 2.24) is 15.6 Å². The predicted molar refractivity (Wildman–Crippen MR) is 88.2 cm³/mol. The molecular weight excluding hydrogens is 298 g/mol. The van der Waals surface area contributed by atoms with Crippen LogP contribution in [0.25, 0.3) is 10.2 Å². The minimum Gasteiger partial charge on any atom is -0.380 e. The first-order chi connectivity index (χ1) is 10.7. The van der Waals surface area contributed by atoms with Crippen molar-refractivity contribution in [2.24, 2.45) is 0 Å². The molecule has 3 atom stereocenters. The average molecular weight is 319 g/mol. The van der Waals surface area contributed by atoms with Gasteiger partial charge in [0.05, 0.1) is 27.4 Å². The molecule has 1 saturated heterocycles. The maximum atomic E-state index is 12.2. The molecule has 3 rings (SSSR count). The molecule has 5 nitrogen and oxygen atoms in total. The SMILES string of the molecule is CO[C@@H]1CN[C@@H](C(=O)NCC(C)c2nc3ccccc3s2)C1. The molecule has 1 aromatic carbocycles. The first-order valence-corrected chi connectivity index (χ1v) is 8.38. The van der Waals surface area contributed by atoms with Gasteiger partial charge in [-0.25, -0.2) is 4.98 Å². The Kier molecular flexibility index (Phi) is 4.71. The lowest BCUT2D eigenvalue weighted by Crippen LogP contribution is -2.41. The van der Waals surface area contributed by atoms with Crippen molar-refractivity contribution in [2.45, 2.75) is 31.4 Å². The van der Waals surface area contributed by atoms with E-state index in [9.17, 15) is 4.79 Å². The number of thiazole rings is 1. The molecule has 1 amide bonds. The van der Waals surface area contributed by atoms with Gasteiger partial charge in [0.25, 0.3) is 0 Å². The number of nitrogens with one attached hydrogen (secondary N) is 2. The van der Waals surface area contributed by atoms with E-state index in [2.05, 4.69) is 28.6 Å². The number of carbonyl (C=O) groups excluding carboxylic acids is 1. The maximum absolute atomic E-state index is 12.2. The van der Waals surface area contributed by atoms with E-state index < -0.39 is 0 Å². The van der Waals surface area contributed by atoms with E-state index in [0.717, 1.165) is 23.5 Å². The number of carbonyl (C=O) groups is 1. The topological polar surface area (TPSA) is 63.2 Å². The molecule has 0 saturated carbocycles. The third-order valence-corrected chi connectivity index (χ3v) is 5.32. The van der Waals surface area contributed by atoms with Crippen molar-refractivity contribution in [3.8, 4) is 0 Å². The monoisotopic (exact) mass is 319 g/mol. The van der Waals surface area contributed by atoms with Gasteiger partial charge in [0.2, 0.25) is 5.91 Å². The second-order valence-electron chi connectivity index (χ2n) is 5.72. The predicted octanol–water partition coefficient (Wildman–Crippen LogP) is 1.89. The lowest BCUT2D eigenvalue weighted by atomic mass is 10.1. The number of fused-ring (bicyclic) bond motifs is 1. The van der Waals surface area contributed by atoms with Gasteiger partial charge in [-0.05, 0) is 18.6 Å². The molecule has 2 N–H and O–H groups in total. The standard InChI is InChI=1S/C16H21N3O2S/c1-10(16-19-12-5-3-4-6-14(12)22-16)8-18-15(20)13-7-11(21-2)9-17-13/h3-6,10-11,13,17H,7-9H2,1-2H3,(H,18,20)/t10?,11-,13+/m0/s1. The molecule has 1 fully saturated rings. The van der Waals surface area contributed by atoms with Crippen LogP contribution in [0.5, 0.6) is 0 Å². The van der Waals surface area contributed by atoms with Crippen molar-refractivity contribution in [2.75, 3.05) is 20.2 Å². The van der Waals surface area contributed by atoms with E-state index in [1.807, 2.05) is 18.2 Å². The third kappa shape index (κ3) is 3.29. The highest BCUT2D eigenvalue weighted by Crippen LogP contribution is 2.26. The summed E-state index contributed by atoms with van der Waals surface area (Å²) in [6.07, 6.45) is 0.870. The molecule has 0 aliphatic carbocycles. The number of benzene rings is 1. The summed E-state index contributed by atoms with van der Waals surface area (Å²) in [7, 11) is 1.68. The summed E-state index contributed by atoms with van der Waals surface area (Å²) in [5.74, 6) is 0.258. The van der Waals surface area contributed by atoms with Crippen LogP contribution in [-0.4, -0.2) is 43.2 Å². The highest BCUT2D eigenvalue weighted by Gasteiger charge is 2.29. The Hall–Kier alpha value is -1.50. The molecule has 2 aromatic rings. The number of hydrogen-bond acceptors (Lipinski definition) is 5. The largest absolute Gasteiger partial charge is 0.380 e. The second kappa shape index (κ2) is 6.73. The molecule has 1 aliphatic heterocycles. The van der Waals surface area contributed by atoms with Gasteiger partial charge in [0.1, 0.15) is 0 Å². The molecule has 6 heteroatoms. The van der Waals surface area contributed by atoms with Gasteiger partial charge in [-0.15, -0.1) is 11.3 Å². The van der Waals surface area contributed by atoms with Crippen LogP contribution < -0.4 is 10.6 Å². The van der Waals surface area contributed by atoms with Crippen LogP contribution in [0.15, 0.2) is 24.3 Å². The molecule has 1 aliphatic rings. The highest BCUT2D eigenvalue weighted by molar-refractivity contribution is 7.18. The fourth-order valence-electron chi connectivity index (χ4n) is 2.65. The molecule has 22 heavy (non-hydrogen) atoms. The molecule has 118 valence electrons. The van der Waals surface area contributed by atoms with E-state index in [4.69, 9.17) is 4.74 Å². The summed E-state index contributed by atoms with van der Waals surface area (Å²) in [6.45, 7) is 3.44. The summed E-state index contributed by atoms with van der Waals surface area (Å²) in [5, 5.41) is 7.28. The molecule has 1 unspecified atom stereocenters. The van der Waals surface area contributed by atoms with Gasteiger partial charge in [0.15, 0.2) is 0 Å². The summed E-state index contributed by atoms with van der Waals surface area (Å²) in [6, 6.07) is 7.97. The zero-order valence-corrected chi connectivity index (χ0v) is 13.7. The van der Waals surface area contributed by atoms with Crippen molar-refractivity contribution >= 4 is 27.5 Å². The Bertz CT molecular complexity index is 625. The number of nitrogens with zero attached hydrogens (tertiary/aromatic N) is 1. The van der Waals surface area contributed by atoms with E-state index in [1.54, 1.807) is 18.4 Å². The number of aromatic nitrogens is 1. The van der Waals surface area contributed by atoms with Gasteiger partial charge in [0, 0.05) is 26.1 Å². The number of rotatable bonds is 5. The zero-order valence-electron chi connectivity index (χ0n) is 12.8. The Morgan fingerprint density at radius 2 is 2.36 bits per heavy atom. The van der Waals surface area contributed by atoms with Crippen LogP contribution in [0.2, 0.25) is 0 Å². The fraction of sp³-hybridized carbons (Fsp3) is 0.500. The normalized spacial score (nSPS) is 22.8. The zero-order chi connectivity index (χ0) is 15.5. The first-order valence-electron chi connectivity index (χ1n) is 7.56. The van der Waals surface area contributed by atoms with Crippen LogP contribution in [0, 0.1) is 0 Å². The van der Waals surface area contributed by atoms with Gasteiger partial charge in [-0.3, -0.25) is 4.79 Å². The van der Waals surface area contributed by atoms with Gasteiger partial charge < -0.3 is 15.4 Å². The quantitative estimate of drug-likeness (QED) is 0.883. The van der Waals surface area contributed by atoms with Gasteiger partial charge in [-0.2, -0.15) is 0 Å². The Labute approximate surface area is 134 Å². The lowest BCUT2D eigenvalue weighted by molar-refractivity contribution is -0.123. The third-order valence-electron chi connectivity index (χ3n) is 4.05. The van der Waals surface area contributed by atoms with Crippen molar-refractivity contribution in [1.29, 1.82) is 0 Å². The summed E-state index contributed by atoms with van der Waals surface area (Å²) in [4.78, 5) is 16.8. The van der Waals surface area contributed by atoms with Crippen molar-refractivity contribution < 1.29 is 9.53 Å². The van der Waals surface area contributed by atoms with E-state index >= 15 is 0 Å². The average Bonchev–Trinajstić information content (AvgIpc) is 3.18. The van der Waals surface area contributed by atoms with Gasteiger partial charge >= 0.3 is 0 Å². The smallest absolute Gasteiger partial charge is 0.237 e. The maximum Gasteiger partial charge on any atom is 0.237 e. The minimum absolute atomic E-state index is 0.0486. The van der Waals surface area contributed by atoms with Crippen LogP contribution in [-0.2, 0) is 9.53 Å². The number of amides is 1. The fourth-order valence-corrected chi connectivity index (χ4v) is 3.67. The van der Waals surface area contributed by atoms with Crippen molar-refractivity contribution in [3.63, 3.8) is 0 Å².